The zero-order valence-electron chi connectivity index (χ0n) is 6.09. The summed E-state index contributed by atoms with van der Waals surface area (Å²) in [5, 5.41) is 10.3. The number of oxime groups is 1. The number of nitrogens with zero attached hydrogens (tertiary/aromatic N) is 1. The third-order valence-electron chi connectivity index (χ3n) is 0.894. The third-order valence-corrected chi connectivity index (χ3v) is 0.894. The molecule has 0 radical (unpaired) electrons. The molecule has 0 aromatic carbocycles. The third kappa shape index (κ3) is 3.13. The van der Waals surface area contributed by atoms with Gasteiger partial charge in [-0.2, -0.15) is 13.2 Å². The van der Waals surface area contributed by atoms with Crippen molar-refractivity contribution in [2.75, 3.05) is 7.11 Å². The summed E-state index contributed by atoms with van der Waals surface area (Å²) in [6.07, 6.45) is -4.26. The SMILES string of the molecule is CO/C(=C\C(N)=N\O)C(F)(F)F. The van der Waals surface area contributed by atoms with E-state index in [-0.39, 0.29) is 0 Å². The van der Waals surface area contributed by atoms with Crippen molar-refractivity contribution in [1.82, 2.24) is 0 Å². The van der Waals surface area contributed by atoms with Gasteiger partial charge in [-0.05, 0) is 0 Å². The Morgan fingerprint density at radius 2 is 2.08 bits per heavy atom. The van der Waals surface area contributed by atoms with Crippen LogP contribution < -0.4 is 5.73 Å². The standard InChI is InChI=1S/C5H7F3N2O2/c1-12-3(5(6,7)8)2-4(9)10-11/h2,11H,1H3,(H2,9,10)/b3-2-. The molecule has 70 valence electrons. The van der Waals surface area contributed by atoms with Crippen LogP contribution >= 0.6 is 0 Å². The van der Waals surface area contributed by atoms with E-state index < -0.39 is 17.8 Å². The molecule has 0 aliphatic carbocycles. The van der Waals surface area contributed by atoms with E-state index in [1.54, 1.807) is 0 Å². The van der Waals surface area contributed by atoms with E-state index in [2.05, 4.69) is 9.89 Å². The Hall–Kier alpha value is -1.40. The van der Waals surface area contributed by atoms with Crippen molar-refractivity contribution >= 4 is 5.84 Å². The lowest BCUT2D eigenvalue weighted by Gasteiger charge is -2.08. The fourth-order valence-corrected chi connectivity index (χ4v) is 0.420. The highest BCUT2D eigenvalue weighted by Crippen LogP contribution is 2.25. The Morgan fingerprint density at radius 1 is 1.58 bits per heavy atom. The molecule has 0 atom stereocenters. The Kier molecular flexibility index (Phi) is 3.39. The number of methoxy groups -OCH3 is 1. The van der Waals surface area contributed by atoms with Gasteiger partial charge in [0.15, 0.2) is 5.84 Å². The number of allylic oxidation sites excluding steroid dienone is 1. The van der Waals surface area contributed by atoms with Gasteiger partial charge in [0.2, 0.25) is 5.76 Å². The molecule has 0 rings (SSSR count). The van der Waals surface area contributed by atoms with Gasteiger partial charge < -0.3 is 15.7 Å². The lowest BCUT2D eigenvalue weighted by Crippen LogP contribution is -2.18. The first kappa shape index (κ1) is 10.6. The van der Waals surface area contributed by atoms with Crippen LogP contribution in [0.3, 0.4) is 0 Å². The van der Waals surface area contributed by atoms with Gasteiger partial charge in [0.25, 0.3) is 0 Å². The minimum Gasteiger partial charge on any atom is -0.492 e. The molecular formula is C5H7F3N2O2. The summed E-state index contributed by atoms with van der Waals surface area (Å²) in [6, 6.07) is 0. The summed E-state index contributed by atoms with van der Waals surface area (Å²) in [5.74, 6) is -2.00. The van der Waals surface area contributed by atoms with Crippen molar-refractivity contribution in [3.05, 3.63) is 11.8 Å². The summed E-state index contributed by atoms with van der Waals surface area (Å²) in [7, 11) is 0.837. The molecule has 4 nitrogen and oxygen atoms in total. The molecule has 0 aromatic rings. The molecule has 7 heteroatoms. The molecule has 0 amide bonds. The van der Waals surface area contributed by atoms with Crippen LogP contribution in [-0.4, -0.2) is 24.3 Å². The molecule has 0 aromatic heterocycles. The molecule has 0 saturated heterocycles. The Bertz CT molecular complexity index is 209. The first-order valence-corrected chi connectivity index (χ1v) is 2.72. The molecule has 0 fully saturated rings. The largest absolute Gasteiger partial charge is 0.492 e. The Morgan fingerprint density at radius 3 is 2.33 bits per heavy atom. The summed E-state index contributed by atoms with van der Waals surface area (Å²) >= 11 is 0. The fourth-order valence-electron chi connectivity index (χ4n) is 0.420. The smallest absolute Gasteiger partial charge is 0.449 e. The fraction of sp³-hybridized carbons (Fsp3) is 0.400. The van der Waals surface area contributed by atoms with Gasteiger partial charge in [-0.3, -0.25) is 0 Å². The molecule has 0 heterocycles. The van der Waals surface area contributed by atoms with Crippen LogP contribution in [0.5, 0.6) is 0 Å². The van der Waals surface area contributed by atoms with E-state index in [9.17, 15) is 13.2 Å². The maximum atomic E-state index is 11.8. The maximum absolute atomic E-state index is 11.8. The topological polar surface area (TPSA) is 67.8 Å². The van der Waals surface area contributed by atoms with Gasteiger partial charge in [-0.1, -0.05) is 5.16 Å². The lowest BCUT2D eigenvalue weighted by molar-refractivity contribution is -0.125. The van der Waals surface area contributed by atoms with Crippen molar-refractivity contribution < 1.29 is 23.1 Å². The molecule has 12 heavy (non-hydrogen) atoms. The normalized spacial score (nSPS) is 14.7. The second-order valence-electron chi connectivity index (χ2n) is 1.74. The first-order valence-electron chi connectivity index (χ1n) is 2.72. The second-order valence-corrected chi connectivity index (χ2v) is 1.74. The van der Waals surface area contributed by atoms with E-state index in [0.29, 0.717) is 6.08 Å². The zero-order valence-corrected chi connectivity index (χ0v) is 6.09. The molecule has 0 spiro atoms. The van der Waals surface area contributed by atoms with Crippen molar-refractivity contribution in [2.45, 2.75) is 6.18 Å². The van der Waals surface area contributed by atoms with Crippen LogP contribution in [0.15, 0.2) is 17.0 Å². The average molecular weight is 184 g/mol. The van der Waals surface area contributed by atoms with E-state index in [0.717, 1.165) is 7.11 Å². The van der Waals surface area contributed by atoms with Gasteiger partial charge in [0, 0.05) is 6.08 Å². The minimum absolute atomic E-state index is 0.375. The van der Waals surface area contributed by atoms with Crippen LogP contribution in [0.4, 0.5) is 13.2 Å². The van der Waals surface area contributed by atoms with E-state index in [4.69, 9.17) is 10.9 Å². The molecule has 0 aliphatic rings. The van der Waals surface area contributed by atoms with Crippen LogP contribution in [-0.2, 0) is 4.74 Å². The minimum atomic E-state index is -4.63. The van der Waals surface area contributed by atoms with Crippen LogP contribution in [0.1, 0.15) is 0 Å². The van der Waals surface area contributed by atoms with Crippen molar-refractivity contribution in [3.8, 4) is 0 Å². The highest BCUT2D eigenvalue weighted by atomic mass is 19.4. The van der Waals surface area contributed by atoms with Crippen LogP contribution in [0.2, 0.25) is 0 Å². The van der Waals surface area contributed by atoms with Gasteiger partial charge in [0.1, 0.15) is 0 Å². The van der Waals surface area contributed by atoms with Gasteiger partial charge in [0.05, 0.1) is 7.11 Å². The maximum Gasteiger partial charge on any atom is 0.449 e. The summed E-state index contributed by atoms with van der Waals surface area (Å²) in [5.41, 5.74) is 4.79. The van der Waals surface area contributed by atoms with Crippen LogP contribution in [0.25, 0.3) is 0 Å². The molecule has 0 saturated carbocycles. The average Bonchev–Trinajstić information content (AvgIpc) is 1.97. The predicted octanol–water partition coefficient (Wildman–Crippen LogP) is 0.825. The van der Waals surface area contributed by atoms with E-state index >= 15 is 0 Å². The highest BCUT2D eigenvalue weighted by molar-refractivity contribution is 5.91. The lowest BCUT2D eigenvalue weighted by atomic mass is 10.4. The molecular weight excluding hydrogens is 177 g/mol. The Labute approximate surface area is 66.1 Å². The van der Waals surface area contributed by atoms with E-state index in [1.807, 2.05) is 0 Å². The number of rotatable bonds is 2. The van der Waals surface area contributed by atoms with Crippen LogP contribution in [0, 0.1) is 0 Å². The predicted molar refractivity (Wildman–Crippen MR) is 34.6 cm³/mol. The molecule has 0 unspecified atom stereocenters. The second kappa shape index (κ2) is 3.84. The molecule has 3 N–H and O–H groups in total. The van der Waals surface area contributed by atoms with Gasteiger partial charge in [-0.25, -0.2) is 0 Å². The number of alkyl halides is 3. The van der Waals surface area contributed by atoms with Gasteiger partial charge in [-0.15, -0.1) is 0 Å². The summed E-state index contributed by atoms with van der Waals surface area (Å²) in [6.45, 7) is 0. The monoisotopic (exact) mass is 184 g/mol. The zero-order chi connectivity index (χ0) is 9.78. The quantitative estimate of drug-likeness (QED) is 0.219. The number of ether oxygens (including phenoxy) is 1. The number of nitrogens with two attached hydrogens (primary N) is 1. The van der Waals surface area contributed by atoms with Crippen molar-refractivity contribution in [3.63, 3.8) is 0 Å². The van der Waals surface area contributed by atoms with Crippen molar-refractivity contribution in [1.29, 1.82) is 0 Å². The number of amidine groups is 1. The summed E-state index contributed by atoms with van der Waals surface area (Å²) < 4.78 is 39.4. The molecule has 0 aliphatic heterocycles. The highest BCUT2D eigenvalue weighted by Gasteiger charge is 2.35. The number of halogens is 3. The first-order chi connectivity index (χ1) is 5.41. The van der Waals surface area contributed by atoms with Crippen molar-refractivity contribution in [2.24, 2.45) is 10.9 Å². The number of hydrogen-bond acceptors (Lipinski definition) is 3. The van der Waals surface area contributed by atoms with E-state index in [1.165, 1.54) is 0 Å². The van der Waals surface area contributed by atoms with Gasteiger partial charge >= 0.3 is 6.18 Å². The summed E-state index contributed by atoms with van der Waals surface area (Å²) in [4.78, 5) is 0. The number of hydrogen-bond donors (Lipinski definition) is 2. The Balaban J connectivity index is 4.68. The molecule has 0 bridgehead atoms.